The number of aryl methyl sites for hydroxylation is 1. The Morgan fingerprint density at radius 2 is 2.10 bits per heavy atom. The van der Waals surface area contributed by atoms with Gasteiger partial charge < -0.3 is 10.2 Å². The number of rotatable bonds is 6. The maximum absolute atomic E-state index is 4.73. The van der Waals surface area contributed by atoms with Crippen molar-refractivity contribution in [2.45, 2.75) is 65.3 Å². The molecule has 0 aromatic carbocycles. The van der Waals surface area contributed by atoms with Crippen LogP contribution in [-0.2, 0) is 0 Å². The molecule has 4 heteroatoms. The van der Waals surface area contributed by atoms with E-state index in [-0.39, 0.29) is 0 Å². The van der Waals surface area contributed by atoms with E-state index in [1.807, 2.05) is 0 Å². The molecule has 1 aromatic rings. The second-order valence-corrected chi connectivity index (χ2v) is 5.75. The Hall–Kier alpha value is -1.32. The van der Waals surface area contributed by atoms with E-state index < -0.39 is 0 Å². The highest BCUT2D eigenvalue weighted by atomic mass is 15.2. The van der Waals surface area contributed by atoms with Gasteiger partial charge in [-0.15, -0.1) is 0 Å². The second kappa shape index (κ2) is 7.46. The first-order chi connectivity index (χ1) is 9.74. The number of aromatic nitrogens is 2. The molecule has 1 aliphatic heterocycles. The van der Waals surface area contributed by atoms with E-state index >= 15 is 0 Å². The minimum atomic E-state index is 0.655. The number of nitrogens with one attached hydrogen (secondary N) is 1. The Morgan fingerprint density at radius 1 is 1.25 bits per heavy atom. The third-order valence-electron chi connectivity index (χ3n) is 3.92. The minimum Gasteiger partial charge on any atom is -0.354 e. The predicted octanol–water partition coefficient (Wildman–Crippen LogP) is 3.77. The molecule has 2 heterocycles. The van der Waals surface area contributed by atoms with Gasteiger partial charge in [-0.1, -0.05) is 20.3 Å². The molecule has 0 spiro atoms. The third kappa shape index (κ3) is 3.84. The molecule has 2 rings (SSSR count). The van der Waals surface area contributed by atoms with Crippen LogP contribution in [0.5, 0.6) is 0 Å². The Morgan fingerprint density at radius 3 is 2.85 bits per heavy atom. The number of piperidine rings is 1. The van der Waals surface area contributed by atoms with Gasteiger partial charge in [0.25, 0.3) is 0 Å². The zero-order valence-electron chi connectivity index (χ0n) is 13.2. The zero-order valence-corrected chi connectivity index (χ0v) is 13.2. The second-order valence-electron chi connectivity index (χ2n) is 5.75. The summed E-state index contributed by atoms with van der Waals surface area (Å²) in [4.78, 5) is 11.7. The van der Waals surface area contributed by atoms with Gasteiger partial charge in [0.05, 0.1) is 0 Å². The van der Waals surface area contributed by atoms with Crippen LogP contribution < -0.4 is 10.2 Å². The highest BCUT2D eigenvalue weighted by Crippen LogP contribution is 2.26. The molecular formula is C16H28N4. The average Bonchev–Trinajstić information content (AvgIpc) is 2.45. The van der Waals surface area contributed by atoms with Crippen molar-refractivity contribution in [2.75, 3.05) is 23.3 Å². The molecule has 1 unspecified atom stereocenters. The minimum absolute atomic E-state index is 0.655. The summed E-state index contributed by atoms with van der Waals surface area (Å²) in [5.74, 6) is 1.89. The molecular weight excluding hydrogens is 248 g/mol. The summed E-state index contributed by atoms with van der Waals surface area (Å²) >= 11 is 0. The highest BCUT2D eigenvalue weighted by Gasteiger charge is 2.23. The fraction of sp³-hybridized carbons (Fsp3) is 0.750. The van der Waals surface area contributed by atoms with Crippen LogP contribution in [0, 0.1) is 6.92 Å². The van der Waals surface area contributed by atoms with Gasteiger partial charge in [-0.2, -0.15) is 4.98 Å². The summed E-state index contributed by atoms with van der Waals surface area (Å²) in [6, 6.07) is 2.78. The first kappa shape index (κ1) is 15.1. The lowest BCUT2D eigenvalue weighted by Crippen LogP contribution is -2.40. The maximum Gasteiger partial charge on any atom is 0.224 e. The van der Waals surface area contributed by atoms with E-state index in [2.05, 4.69) is 42.0 Å². The van der Waals surface area contributed by atoms with Crippen LogP contribution in [0.15, 0.2) is 6.07 Å². The van der Waals surface area contributed by atoms with E-state index in [4.69, 9.17) is 4.98 Å². The van der Waals surface area contributed by atoms with Gasteiger partial charge in [-0.3, -0.25) is 0 Å². The van der Waals surface area contributed by atoms with Crippen molar-refractivity contribution in [3.8, 4) is 0 Å². The molecule has 0 bridgehead atoms. The molecule has 1 aromatic heterocycles. The lowest BCUT2D eigenvalue weighted by Gasteiger charge is -2.37. The standard InChI is InChI=1S/C16H28N4/c1-4-8-14-9-6-7-11-20(14)15-12-13(3)18-16(19-15)17-10-5-2/h12,14H,4-11H2,1-3H3,(H,17,18,19). The molecule has 1 fully saturated rings. The fourth-order valence-electron chi connectivity index (χ4n) is 2.95. The van der Waals surface area contributed by atoms with Crippen LogP contribution in [0.4, 0.5) is 11.8 Å². The van der Waals surface area contributed by atoms with E-state index in [9.17, 15) is 0 Å². The van der Waals surface area contributed by atoms with Crippen LogP contribution >= 0.6 is 0 Å². The van der Waals surface area contributed by atoms with Crippen molar-refractivity contribution < 1.29 is 0 Å². The number of nitrogens with zero attached hydrogens (tertiary/aromatic N) is 3. The first-order valence-electron chi connectivity index (χ1n) is 8.10. The Kier molecular flexibility index (Phi) is 5.62. The largest absolute Gasteiger partial charge is 0.354 e. The van der Waals surface area contributed by atoms with E-state index in [0.717, 1.165) is 37.0 Å². The monoisotopic (exact) mass is 276 g/mol. The predicted molar refractivity (Wildman–Crippen MR) is 85.4 cm³/mol. The molecule has 1 atom stereocenters. The Balaban J connectivity index is 2.18. The molecule has 112 valence electrons. The number of hydrogen-bond donors (Lipinski definition) is 1. The van der Waals surface area contributed by atoms with Crippen LogP contribution in [0.2, 0.25) is 0 Å². The van der Waals surface area contributed by atoms with E-state index in [0.29, 0.717) is 6.04 Å². The van der Waals surface area contributed by atoms with Gasteiger partial charge >= 0.3 is 0 Å². The smallest absolute Gasteiger partial charge is 0.224 e. The van der Waals surface area contributed by atoms with Gasteiger partial charge in [0.1, 0.15) is 5.82 Å². The highest BCUT2D eigenvalue weighted by molar-refractivity contribution is 5.46. The summed E-state index contributed by atoms with van der Waals surface area (Å²) < 4.78 is 0. The molecule has 1 N–H and O–H groups in total. The lowest BCUT2D eigenvalue weighted by atomic mass is 9.98. The first-order valence-corrected chi connectivity index (χ1v) is 8.10. The van der Waals surface area contributed by atoms with Crippen molar-refractivity contribution in [1.82, 2.24) is 9.97 Å². The number of anilines is 2. The van der Waals surface area contributed by atoms with Crippen molar-refractivity contribution in [1.29, 1.82) is 0 Å². The van der Waals surface area contributed by atoms with Gasteiger partial charge in [0.2, 0.25) is 5.95 Å². The summed E-state index contributed by atoms with van der Waals surface area (Å²) in [6.45, 7) is 8.55. The quantitative estimate of drug-likeness (QED) is 0.859. The van der Waals surface area contributed by atoms with Gasteiger partial charge in [-0.25, -0.2) is 4.98 Å². The van der Waals surface area contributed by atoms with Crippen molar-refractivity contribution in [3.63, 3.8) is 0 Å². The fourth-order valence-corrected chi connectivity index (χ4v) is 2.95. The van der Waals surface area contributed by atoms with Crippen LogP contribution in [-0.4, -0.2) is 29.1 Å². The molecule has 0 saturated carbocycles. The van der Waals surface area contributed by atoms with Crippen molar-refractivity contribution >= 4 is 11.8 Å². The topological polar surface area (TPSA) is 41.1 Å². The normalized spacial score (nSPS) is 19.1. The third-order valence-corrected chi connectivity index (χ3v) is 3.92. The molecule has 0 amide bonds. The lowest BCUT2D eigenvalue weighted by molar-refractivity contribution is 0.431. The van der Waals surface area contributed by atoms with Crippen LogP contribution in [0.25, 0.3) is 0 Å². The van der Waals surface area contributed by atoms with Crippen LogP contribution in [0.1, 0.15) is 58.1 Å². The Labute approximate surface area is 123 Å². The van der Waals surface area contributed by atoms with Crippen molar-refractivity contribution in [3.05, 3.63) is 11.8 Å². The Bertz CT molecular complexity index is 417. The van der Waals surface area contributed by atoms with Gasteiger partial charge in [0, 0.05) is 30.9 Å². The molecule has 0 aliphatic carbocycles. The van der Waals surface area contributed by atoms with Crippen molar-refractivity contribution in [2.24, 2.45) is 0 Å². The molecule has 20 heavy (non-hydrogen) atoms. The molecule has 4 nitrogen and oxygen atoms in total. The van der Waals surface area contributed by atoms with E-state index in [1.54, 1.807) is 0 Å². The average molecular weight is 276 g/mol. The summed E-state index contributed by atoms with van der Waals surface area (Å²) in [7, 11) is 0. The molecule has 1 aliphatic rings. The summed E-state index contributed by atoms with van der Waals surface area (Å²) in [5, 5.41) is 3.31. The summed E-state index contributed by atoms with van der Waals surface area (Å²) in [5.41, 5.74) is 1.05. The summed E-state index contributed by atoms with van der Waals surface area (Å²) in [6.07, 6.45) is 7.53. The number of hydrogen-bond acceptors (Lipinski definition) is 4. The van der Waals surface area contributed by atoms with Gasteiger partial charge in [-0.05, 0) is 39.0 Å². The molecule has 1 saturated heterocycles. The van der Waals surface area contributed by atoms with Gasteiger partial charge in [0.15, 0.2) is 0 Å². The zero-order chi connectivity index (χ0) is 14.4. The maximum atomic E-state index is 4.73. The molecule has 0 radical (unpaired) electrons. The van der Waals surface area contributed by atoms with E-state index in [1.165, 1.54) is 32.1 Å². The van der Waals surface area contributed by atoms with Crippen LogP contribution in [0.3, 0.4) is 0 Å². The SMILES string of the molecule is CCCNc1nc(C)cc(N2CCCCC2CCC)n1.